The van der Waals surface area contributed by atoms with Crippen LogP contribution in [0.1, 0.15) is 32.1 Å². The Morgan fingerprint density at radius 2 is 2.19 bits per heavy atom. The molecule has 0 amide bonds. The Kier molecular flexibility index (Phi) is 5.32. The summed E-state index contributed by atoms with van der Waals surface area (Å²) in [6, 6.07) is 2.90. The molecule has 0 radical (unpaired) electrons. The zero-order chi connectivity index (χ0) is 15.2. The van der Waals surface area contributed by atoms with E-state index in [9.17, 15) is 10.1 Å². The molecule has 0 spiro atoms. The highest BCUT2D eigenvalue weighted by atomic mass is 16.6. The number of nitrogens with two attached hydrogens (primary N) is 1. The molecule has 1 fully saturated rings. The number of hydrogen-bond donors (Lipinski definition) is 2. The van der Waals surface area contributed by atoms with Gasteiger partial charge in [-0.3, -0.25) is 10.1 Å². The van der Waals surface area contributed by atoms with Crippen LogP contribution in [0.15, 0.2) is 12.1 Å². The van der Waals surface area contributed by atoms with Crippen LogP contribution in [0.5, 0.6) is 5.88 Å². The second-order valence-corrected chi connectivity index (χ2v) is 5.36. The van der Waals surface area contributed by atoms with E-state index in [-0.39, 0.29) is 17.5 Å². The fourth-order valence-corrected chi connectivity index (χ4v) is 2.88. The number of nitro groups is 1. The topological polar surface area (TPSA) is 103 Å². The highest BCUT2D eigenvalue weighted by Crippen LogP contribution is 2.30. The molecule has 3 N–H and O–H groups in total. The van der Waals surface area contributed by atoms with Crippen molar-refractivity contribution in [3.8, 4) is 5.88 Å². The molecule has 7 heteroatoms. The fraction of sp³-hybridized carbons (Fsp3) is 0.643. The molecular formula is C14H22N4O3. The lowest BCUT2D eigenvalue weighted by Crippen LogP contribution is -2.37. The van der Waals surface area contributed by atoms with Crippen LogP contribution in [0, 0.1) is 16.0 Å². The number of nitrogens with zero attached hydrogens (tertiary/aromatic N) is 2. The van der Waals surface area contributed by atoms with Crippen molar-refractivity contribution in [1.82, 2.24) is 4.98 Å². The predicted molar refractivity (Wildman–Crippen MR) is 80.5 cm³/mol. The van der Waals surface area contributed by atoms with Gasteiger partial charge >= 0.3 is 5.69 Å². The number of rotatable bonds is 6. The van der Waals surface area contributed by atoms with Gasteiger partial charge in [-0.1, -0.05) is 19.3 Å². The van der Waals surface area contributed by atoms with E-state index in [4.69, 9.17) is 10.5 Å². The minimum atomic E-state index is -0.441. The van der Waals surface area contributed by atoms with Crippen LogP contribution >= 0.6 is 0 Å². The van der Waals surface area contributed by atoms with Gasteiger partial charge in [-0.05, 0) is 18.8 Å². The Labute approximate surface area is 124 Å². The molecule has 0 bridgehead atoms. The summed E-state index contributed by atoms with van der Waals surface area (Å²) in [5.74, 6) is 1.03. The molecule has 2 rings (SSSR count). The molecule has 0 saturated heterocycles. The molecule has 0 aromatic carbocycles. The summed E-state index contributed by atoms with van der Waals surface area (Å²) in [6.07, 6.45) is 5.84. The van der Waals surface area contributed by atoms with Crippen molar-refractivity contribution in [2.45, 2.75) is 38.1 Å². The number of methoxy groups -OCH3 is 1. The Hall–Kier alpha value is -1.89. The van der Waals surface area contributed by atoms with Crippen LogP contribution < -0.4 is 15.8 Å². The Balaban J connectivity index is 2.20. The van der Waals surface area contributed by atoms with Crippen molar-refractivity contribution in [3.63, 3.8) is 0 Å². The summed E-state index contributed by atoms with van der Waals surface area (Å²) >= 11 is 0. The van der Waals surface area contributed by atoms with Crippen LogP contribution in [0.3, 0.4) is 0 Å². The SMILES string of the molecule is COc1ccc([N+](=O)[O-])c(NC(CN)C2CCCCC2)n1. The average molecular weight is 294 g/mol. The van der Waals surface area contributed by atoms with E-state index >= 15 is 0 Å². The van der Waals surface area contributed by atoms with Gasteiger partial charge in [0.1, 0.15) is 0 Å². The molecule has 0 aliphatic heterocycles. The van der Waals surface area contributed by atoms with Crippen LogP contribution in [0.25, 0.3) is 0 Å². The number of hydrogen-bond acceptors (Lipinski definition) is 6. The summed E-state index contributed by atoms with van der Waals surface area (Å²) in [5.41, 5.74) is 5.81. The number of ether oxygens (including phenoxy) is 1. The van der Waals surface area contributed by atoms with Gasteiger partial charge in [0, 0.05) is 24.7 Å². The minimum absolute atomic E-state index is 0.00334. The van der Waals surface area contributed by atoms with Gasteiger partial charge in [0.15, 0.2) is 0 Å². The summed E-state index contributed by atoms with van der Waals surface area (Å²) < 4.78 is 5.05. The first kappa shape index (κ1) is 15.5. The molecule has 1 heterocycles. The summed E-state index contributed by atoms with van der Waals surface area (Å²) in [6.45, 7) is 0.431. The Morgan fingerprint density at radius 3 is 2.76 bits per heavy atom. The van der Waals surface area contributed by atoms with Gasteiger partial charge < -0.3 is 15.8 Å². The van der Waals surface area contributed by atoms with Gasteiger partial charge in [0.05, 0.1) is 12.0 Å². The van der Waals surface area contributed by atoms with E-state index < -0.39 is 4.92 Å². The first-order chi connectivity index (χ1) is 10.2. The third kappa shape index (κ3) is 3.81. The minimum Gasteiger partial charge on any atom is -0.481 e. The molecule has 1 aromatic rings. The second kappa shape index (κ2) is 7.21. The molecule has 1 aromatic heterocycles. The molecular weight excluding hydrogens is 272 g/mol. The monoisotopic (exact) mass is 294 g/mol. The normalized spacial score (nSPS) is 17.2. The zero-order valence-electron chi connectivity index (χ0n) is 12.2. The van der Waals surface area contributed by atoms with Crippen molar-refractivity contribution in [1.29, 1.82) is 0 Å². The third-order valence-electron chi connectivity index (χ3n) is 4.05. The number of aromatic nitrogens is 1. The van der Waals surface area contributed by atoms with Crippen LogP contribution in [0.2, 0.25) is 0 Å². The van der Waals surface area contributed by atoms with E-state index in [1.807, 2.05) is 0 Å². The maximum Gasteiger partial charge on any atom is 0.311 e. The van der Waals surface area contributed by atoms with Crippen molar-refractivity contribution in [2.75, 3.05) is 19.0 Å². The Morgan fingerprint density at radius 1 is 1.48 bits per heavy atom. The predicted octanol–water partition coefficient (Wildman–Crippen LogP) is 2.32. The largest absolute Gasteiger partial charge is 0.481 e. The summed E-state index contributed by atoms with van der Waals surface area (Å²) in [4.78, 5) is 14.8. The first-order valence-electron chi connectivity index (χ1n) is 7.31. The van der Waals surface area contributed by atoms with E-state index in [0.717, 1.165) is 12.8 Å². The Bertz CT molecular complexity index is 489. The fourth-order valence-electron chi connectivity index (χ4n) is 2.88. The van der Waals surface area contributed by atoms with E-state index in [1.54, 1.807) is 0 Å². The molecule has 1 aliphatic carbocycles. The van der Waals surface area contributed by atoms with E-state index in [1.165, 1.54) is 38.5 Å². The molecule has 7 nitrogen and oxygen atoms in total. The summed E-state index contributed by atoms with van der Waals surface area (Å²) in [5, 5.41) is 14.3. The van der Waals surface area contributed by atoms with Crippen molar-refractivity contribution >= 4 is 11.5 Å². The van der Waals surface area contributed by atoms with Gasteiger partial charge in [-0.15, -0.1) is 0 Å². The number of anilines is 1. The van der Waals surface area contributed by atoms with Gasteiger partial charge in [0.2, 0.25) is 11.7 Å². The van der Waals surface area contributed by atoms with Crippen LogP contribution in [0.4, 0.5) is 11.5 Å². The van der Waals surface area contributed by atoms with Gasteiger partial charge in [-0.2, -0.15) is 4.98 Å². The van der Waals surface area contributed by atoms with Crippen molar-refractivity contribution in [3.05, 3.63) is 22.2 Å². The smallest absolute Gasteiger partial charge is 0.311 e. The third-order valence-corrected chi connectivity index (χ3v) is 4.05. The molecule has 1 unspecified atom stereocenters. The quantitative estimate of drug-likeness (QED) is 0.616. The van der Waals surface area contributed by atoms with Crippen molar-refractivity contribution in [2.24, 2.45) is 11.7 Å². The maximum atomic E-state index is 11.1. The number of pyridine rings is 1. The standard InChI is InChI=1S/C14H22N4O3/c1-21-13-8-7-12(18(19)20)14(17-13)16-11(9-15)10-5-3-2-4-6-10/h7-8,10-11H,2-6,9,15H2,1H3,(H,16,17). The van der Waals surface area contributed by atoms with E-state index in [2.05, 4.69) is 10.3 Å². The molecule has 1 atom stereocenters. The lowest BCUT2D eigenvalue weighted by molar-refractivity contribution is -0.384. The zero-order valence-corrected chi connectivity index (χ0v) is 12.2. The van der Waals surface area contributed by atoms with Crippen LogP contribution in [-0.4, -0.2) is 29.6 Å². The second-order valence-electron chi connectivity index (χ2n) is 5.36. The molecule has 116 valence electrons. The first-order valence-corrected chi connectivity index (χ1v) is 7.31. The highest BCUT2D eigenvalue weighted by Gasteiger charge is 2.26. The lowest BCUT2D eigenvalue weighted by Gasteiger charge is -2.30. The maximum absolute atomic E-state index is 11.1. The van der Waals surface area contributed by atoms with E-state index in [0.29, 0.717) is 18.3 Å². The average Bonchev–Trinajstić information content (AvgIpc) is 2.53. The molecule has 1 aliphatic rings. The number of nitrogens with one attached hydrogen (secondary N) is 1. The molecule has 21 heavy (non-hydrogen) atoms. The lowest BCUT2D eigenvalue weighted by atomic mass is 9.84. The van der Waals surface area contributed by atoms with Crippen molar-refractivity contribution < 1.29 is 9.66 Å². The van der Waals surface area contributed by atoms with Gasteiger partial charge in [0.25, 0.3) is 0 Å². The molecule has 1 saturated carbocycles. The summed E-state index contributed by atoms with van der Waals surface area (Å²) in [7, 11) is 1.49. The van der Waals surface area contributed by atoms with Crippen LogP contribution in [-0.2, 0) is 0 Å². The van der Waals surface area contributed by atoms with Gasteiger partial charge in [-0.25, -0.2) is 0 Å². The highest BCUT2D eigenvalue weighted by molar-refractivity contribution is 5.57.